The van der Waals surface area contributed by atoms with Gasteiger partial charge >= 0.3 is 12.1 Å². The molecule has 1 aromatic rings. The lowest BCUT2D eigenvalue weighted by Gasteiger charge is -2.34. The first-order valence-corrected chi connectivity index (χ1v) is 10.2. The van der Waals surface area contributed by atoms with Gasteiger partial charge in [-0.1, -0.05) is 33.1 Å². The molecule has 0 unspecified atom stereocenters. The van der Waals surface area contributed by atoms with Crippen molar-refractivity contribution in [3.05, 3.63) is 21.9 Å². The lowest BCUT2D eigenvalue weighted by Crippen LogP contribution is -2.51. The van der Waals surface area contributed by atoms with E-state index in [4.69, 9.17) is 0 Å². The second-order valence-corrected chi connectivity index (χ2v) is 8.86. The molecule has 1 saturated carbocycles. The number of rotatable bonds is 6. The van der Waals surface area contributed by atoms with Crippen molar-refractivity contribution in [2.75, 3.05) is 6.54 Å². The van der Waals surface area contributed by atoms with Crippen molar-refractivity contribution in [3.63, 3.8) is 0 Å². The Morgan fingerprint density at radius 2 is 1.85 bits per heavy atom. The number of hydrogen-bond acceptors (Lipinski definition) is 3. The minimum Gasteiger partial charge on any atom is -0.351 e. The summed E-state index contributed by atoms with van der Waals surface area (Å²) in [4.78, 5) is 27.2. The largest absolute Gasteiger partial charge is 0.471 e. The lowest BCUT2D eigenvalue weighted by molar-refractivity contribution is -0.189. The summed E-state index contributed by atoms with van der Waals surface area (Å²) in [6.45, 7) is 5.14. The molecule has 1 fully saturated rings. The van der Waals surface area contributed by atoms with Crippen molar-refractivity contribution < 1.29 is 22.8 Å². The van der Waals surface area contributed by atoms with E-state index in [1.807, 2.05) is 6.92 Å². The van der Waals surface area contributed by atoms with Crippen LogP contribution in [0.5, 0.6) is 0 Å². The smallest absolute Gasteiger partial charge is 0.351 e. The van der Waals surface area contributed by atoms with Gasteiger partial charge in [0.1, 0.15) is 6.04 Å². The Hall–Kier alpha value is -1.57. The quantitative estimate of drug-likeness (QED) is 0.754. The van der Waals surface area contributed by atoms with Crippen LogP contribution in [0.1, 0.15) is 61.7 Å². The zero-order valence-corrected chi connectivity index (χ0v) is 16.8. The van der Waals surface area contributed by atoms with Crippen LogP contribution in [0.2, 0.25) is 0 Å². The minimum atomic E-state index is -5.02. The molecule has 1 N–H and O–H groups in total. The van der Waals surface area contributed by atoms with E-state index in [0.29, 0.717) is 9.78 Å². The van der Waals surface area contributed by atoms with Gasteiger partial charge in [-0.3, -0.25) is 9.59 Å². The van der Waals surface area contributed by atoms with E-state index >= 15 is 0 Å². The third kappa shape index (κ3) is 5.96. The fraction of sp³-hybridized carbons (Fsp3) is 0.684. The number of thiophene rings is 1. The van der Waals surface area contributed by atoms with Gasteiger partial charge in [0.25, 0.3) is 0 Å². The van der Waals surface area contributed by atoms with E-state index in [-0.39, 0.29) is 18.5 Å². The number of halogens is 3. The van der Waals surface area contributed by atoms with Gasteiger partial charge in [0, 0.05) is 22.3 Å². The summed E-state index contributed by atoms with van der Waals surface area (Å²) < 4.78 is 39.7. The second kappa shape index (κ2) is 9.08. The molecular weight excluding hydrogens is 377 g/mol. The number of alkyl halides is 3. The Balaban J connectivity index is 2.35. The summed E-state index contributed by atoms with van der Waals surface area (Å²) in [5, 5.41) is 2.89. The Bertz CT molecular complexity index is 652. The second-order valence-electron chi connectivity index (χ2n) is 7.54. The van der Waals surface area contributed by atoms with Crippen molar-refractivity contribution in [2.24, 2.45) is 5.92 Å². The fourth-order valence-electron chi connectivity index (χ4n) is 3.41. The minimum absolute atomic E-state index is 0.0447. The summed E-state index contributed by atoms with van der Waals surface area (Å²) in [5.41, 5.74) is 0. The fourth-order valence-corrected chi connectivity index (χ4v) is 4.40. The van der Waals surface area contributed by atoms with Gasteiger partial charge in [0.05, 0.1) is 0 Å². The van der Waals surface area contributed by atoms with Crippen LogP contribution in [0.4, 0.5) is 13.2 Å². The maximum absolute atomic E-state index is 13.2. The lowest BCUT2D eigenvalue weighted by atomic mass is 9.95. The predicted molar refractivity (Wildman–Crippen MR) is 99.4 cm³/mol. The van der Waals surface area contributed by atoms with E-state index < -0.39 is 24.0 Å². The average Bonchev–Trinajstić information content (AvgIpc) is 2.99. The van der Waals surface area contributed by atoms with E-state index in [1.54, 1.807) is 26.0 Å². The highest BCUT2D eigenvalue weighted by atomic mass is 32.1. The van der Waals surface area contributed by atoms with Gasteiger partial charge in [0.15, 0.2) is 0 Å². The van der Waals surface area contributed by atoms with Crippen molar-refractivity contribution in [2.45, 2.75) is 71.1 Å². The normalized spacial score (nSPS) is 17.0. The molecule has 1 heterocycles. The number of nitrogens with zero attached hydrogens (tertiary/aromatic N) is 1. The first kappa shape index (κ1) is 21.7. The molecule has 0 aliphatic heterocycles. The van der Waals surface area contributed by atoms with Gasteiger partial charge in [-0.05, 0) is 37.8 Å². The van der Waals surface area contributed by atoms with Crippen LogP contribution in [0.3, 0.4) is 0 Å². The van der Waals surface area contributed by atoms with Crippen molar-refractivity contribution in [1.82, 2.24) is 10.2 Å². The van der Waals surface area contributed by atoms with E-state index in [1.165, 1.54) is 11.3 Å². The Kier molecular flexibility index (Phi) is 7.31. The number of hydrogen-bond donors (Lipinski definition) is 1. The molecule has 0 aromatic carbocycles. The SMILES string of the molecule is Cc1ccc([C@H](C(=O)NC2CCCCC2)N(CC(C)C)C(=O)C(F)(F)F)s1. The number of carbonyl (C=O) groups excluding carboxylic acids is 2. The van der Waals surface area contributed by atoms with Gasteiger partial charge in [-0.2, -0.15) is 13.2 Å². The van der Waals surface area contributed by atoms with Crippen LogP contribution >= 0.6 is 11.3 Å². The summed E-state index contributed by atoms with van der Waals surface area (Å²) >= 11 is 1.25. The molecule has 1 atom stereocenters. The third-order valence-corrected chi connectivity index (χ3v) is 5.66. The molecule has 2 amide bonds. The summed E-state index contributed by atoms with van der Waals surface area (Å²) in [6, 6.07) is 2.09. The molecule has 1 aromatic heterocycles. The Morgan fingerprint density at radius 3 is 2.33 bits per heavy atom. The summed E-state index contributed by atoms with van der Waals surface area (Å²) in [6.07, 6.45) is -0.301. The molecule has 27 heavy (non-hydrogen) atoms. The monoisotopic (exact) mass is 404 g/mol. The molecule has 0 saturated heterocycles. The number of aryl methyl sites for hydroxylation is 1. The van der Waals surface area contributed by atoms with Crippen molar-refractivity contribution in [3.8, 4) is 0 Å². The summed E-state index contributed by atoms with van der Waals surface area (Å²) in [5.74, 6) is -2.70. The molecule has 8 heteroatoms. The number of amides is 2. The van der Waals surface area contributed by atoms with E-state index in [0.717, 1.165) is 37.0 Å². The average molecular weight is 404 g/mol. The van der Waals surface area contributed by atoms with Gasteiger partial charge in [0.2, 0.25) is 5.91 Å². The third-order valence-electron chi connectivity index (χ3n) is 4.61. The summed E-state index contributed by atoms with van der Waals surface area (Å²) in [7, 11) is 0. The first-order chi connectivity index (χ1) is 12.6. The zero-order valence-electron chi connectivity index (χ0n) is 15.9. The maximum Gasteiger partial charge on any atom is 0.471 e. The van der Waals surface area contributed by atoms with E-state index in [9.17, 15) is 22.8 Å². The topological polar surface area (TPSA) is 49.4 Å². The van der Waals surface area contributed by atoms with Crippen LogP contribution in [0.15, 0.2) is 12.1 Å². The van der Waals surface area contributed by atoms with Crippen LogP contribution in [-0.2, 0) is 9.59 Å². The molecule has 0 bridgehead atoms. The maximum atomic E-state index is 13.2. The van der Waals surface area contributed by atoms with Crippen molar-refractivity contribution in [1.29, 1.82) is 0 Å². The molecule has 4 nitrogen and oxygen atoms in total. The highest BCUT2D eigenvalue weighted by molar-refractivity contribution is 7.12. The van der Waals surface area contributed by atoms with Gasteiger partial charge in [-0.25, -0.2) is 0 Å². The molecular formula is C19H27F3N2O2S. The number of nitrogens with one attached hydrogen (secondary N) is 1. The molecule has 1 aliphatic carbocycles. The van der Waals surface area contributed by atoms with E-state index in [2.05, 4.69) is 5.32 Å². The van der Waals surface area contributed by atoms with Crippen molar-refractivity contribution >= 4 is 23.2 Å². The standard InChI is InChI=1S/C19H27F3N2O2S/c1-12(2)11-24(18(26)19(20,21)22)16(15-10-9-13(3)27-15)17(25)23-14-7-5-4-6-8-14/h9-10,12,14,16H,4-8,11H2,1-3H3,(H,23,25)/t16-/m1/s1. The van der Waals surface area contributed by atoms with Gasteiger partial charge in [-0.15, -0.1) is 11.3 Å². The highest BCUT2D eigenvalue weighted by Gasteiger charge is 2.47. The van der Waals surface area contributed by atoms with Gasteiger partial charge < -0.3 is 10.2 Å². The van der Waals surface area contributed by atoms with Crippen LogP contribution < -0.4 is 5.32 Å². The molecule has 2 rings (SSSR count). The highest BCUT2D eigenvalue weighted by Crippen LogP contribution is 2.32. The van der Waals surface area contributed by atoms with Crippen LogP contribution in [0.25, 0.3) is 0 Å². The predicted octanol–water partition coefficient (Wildman–Crippen LogP) is 4.59. The molecule has 0 radical (unpaired) electrons. The molecule has 152 valence electrons. The van der Waals surface area contributed by atoms with Crippen LogP contribution in [0, 0.1) is 12.8 Å². The number of carbonyl (C=O) groups is 2. The molecule has 0 spiro atoms. The Labute approximate surface area is 162 Å². The zero-order chi connectivity index (χ0) is 20.2. The molecule has 1 aliphatic rings. The van der Waals surface area contributed by atoms with Crippen LogP contribution in [-0.4, -0.2) is 35.5 Å². The Morgan fingerprint density at radius 1 is 1.22 bits per heavy atom. The first-order valence-electron chi connectivity index (χ1n) is 9.34.